The van der Waals surface area contributed by atoms with Gasteiger partial charge in [0.15, 0.2) is 5.78 Å². The van der Waals surface area contributed by atoms with Gasteiger partial charge in [0, 0.05) is 18.8 Å². The van der Waals surface area contributed by atoms with Gasteiger partial charge in [-0.25, -0.2) is 0 Å². The fourth-order valence-electron chi connectivity index (χ4n) is 2.70. The topological polar surface area (TPSA) is 50.2 Å². The van der Waals surface area contributed by atoms with Crippen LogP contribution in [0.5, 0.6) is 0 Å². The van der Waals surface area contributed by atoms with Crippen LogP contribution in [0.3, 0.4) is 0 Å². The minimum Gasteiger partial charge on any atom is -0.380 e. The van der Waals surface area contributed by atoms with Crippen LogP contribution in [0.1, 0.15) is 23.1 Å². The molecular weight excluding hydrogens is 250 g/mol. The quantitative estimate of drug-likeness (QED) is 0.908. The molecular formula is C17H15NO2. The van der Waals surface area contributed by atoms with Gasteiger partial charge in [0.2, 0.25) is 0 Å². The highest BCUT2D eigenvalue weighted by molar-refractivity contribution is 6.05. The van der Waals surface area contributed by atoms with Crippen molar-refractivity contribution in [3.05, 3.63) is 71.6 Å². The molecule has 0 bridgehead atoms. The van der Waals surface area contributed by atoms with Crippen molar-refractivity contribution in [1.82, 2.24) is 4.98 Å². The number of nitrogens with zero attached hydrogens (tertiary/aromatic N) is 1. The van der Waals surface area contributed by atoms with Crippen LogP contribution in [0.15, 0.2) is 54.9 Å². The fraction of sp³-hybridized carbons (Fsp3) is 0.176. The Labute approximate surface area is 117 Å². The first-order valence-corrected chi connectivity index (χ1v) is 6.54. The van der Waals surface area contributed by atoms with Crippen molar-refractivity contribution in [2.45, 2.75) is 18.9 Å². The molecule has 0 aliphatic heterocycles. The molecule has 0 saturated carbocycles. The van der Waals surface area contributed by atoms with Gasteiger partial charge in [-0.1, -0.05) is 29.8 Å². The molecule has 1 heterocycles. The third-order valence-corrected chi connectivity index (χ3v) is 3.67. The highest BCUT2D eigenvalue weighted by Crippen LogP contribution is 2.43. The maximum absolute atomic E-state index is 11.8. The summed E-state index contributed by atoms with van der Waals surface area (Å²) >= 11 is 0. The molecule has 1 aromatic carbocycles. The zero-order chi connectivity index (χ0) is 14.2. The Kier molecular flexibility index (Phi) is 2.99. The van der Waals surface area contributed by atoms with E-state index in [2.05, 4.69) is 4.98 Å². The van der Waals surface area contributed by atoms with E-state index in [9.17, 15) is 9.90 Å². The molecule has 3 rings (SSSR count). The molecule has 1 aromatic heterocycles. The van der Waals surface area contributed by atoms with E-state index in [1.54, 1.807) is 30.6 Å². The van der Waals surface area contributed by atoms with Gasteiger partial charge >= 0.3 is 0 Å². The third kappa shape index (κ3) is 2.06. The Balaban J connectivity index is 2.13. The normalized spacial score (nSPS) is 21.9. The molecule has 2 aromatic rings. The van der Waals surface area contributed by atoms with Crippen molar-refractivity contribution in [2.24, 2.45) is 0 Å². The summed E-state index contributed by atoms with van der Waals surface area (Å²) in [6.45, 7) is 1.99. The van der Waals surface area contributed by atoms with E-state index in [1.807, 2.05) is 31.2 Å². The van der Waals surface area contributed by atoms with Gasteiger partial charge in [-0.3, -0.25) is 9.78 Å². The maximum atomic E-state index is 11.8. The van der Waals surface area contributed by atoms with E-state index in [4.69, 9.17) is 0 Å². The summed E-state index contributed by atoms with van der Waals surface area (Å²) in [6.07, 6.45) is 4.89. The fourth-order valence-corrected chi connectivity index (χ4v) is 2.70. The van der Waals surface area contributed by atoms with E-state index < -0.39 is 5.60 Å². The Morgan fingerprint density at radius 2 is 1.95 bits per heavy atom. The summed E-state index contributed by atoms with van der Waals surface area (Å²) in [6, 6.07) is 11.3. The van der Waals surface area contributed by atoms with Crippen molar-refractivity contribution in [3.63, 3.8) is 0 Å². The number of aromatic nitrogens is 1. The van der Waals surface area contributed by atoms with Crippen LogP contribution >= 0.6 is 0 Å². The number of hydrogen-bond donors (Lipinski definition) is 1. The van der Waals surface area contributed by atoms with Crippen molar-refractivity contribution >= 4 is 11.4 Å². The van der Waals surface area contributed by atoms with E-state index in [1.165, 1.54) is 0 Å². The number of pyridine rings is 1. The Morgan fingerprint density at radius 3 is 2.65 bits per heavy atom. The average Bonchev–Trinajstić information content (AvgIpc) is 2.76. The van der Waals surface area contributed by atoms with Crippen molar-refractivity contribution < 1.29 is 9.90 Å². The molecule has 1 unspecified atom stereocenters. The summed E-state index contributed by atoms with van der Waals surface area (Å²) in [5.41, 5.74) is 2.09. The van der Waals surface area contributed by atoms with E-state index in [-0.39, 0.29) is 12.2 Å². The van der Waals surface area contributed by atoms with Gasteiger partial charge in [0.1, 0.15) is 5.60 Å². The molecule has 0 fully saturated rings. The van der Waals surface area contributed by atoms with Crippen LogP contribution in [0.25, 0.3) is 5.57 Å². The third-order valence-electron chi connectivity index (χ3n) is 3.67. The van der Waals surface area contributed by atoms with Gasteiger partial charge < -0.3 is 5.11 Å². The van der Waals surface area contributed by atoms with Gasteiger partial charge in [-0.05, 0) is 41.8 Å². The standard InChI is InChI=1S/C17H15NO2/c1-12-3-2-4-13(9-12)16-10-15(19)11-17(16,20)14-5-7-18-8-6-14/h2-10,20H,11H2,1H3. The number of allylic oxidation sites excluding steroid dienone is 1. The molecule has 1 aliphatic carbocycles. The first-order valence-electron chi connectivity index (χ1n) is 6.54. The second-order valence-electron chi connectivity index (χ2n) is 5.17. The number of benzene rings is 1. The van der Waals surface area contributed by atoms with Crippen LogP contribution in [-0.2, 0) is 10.4 Å². The monoisotopic (exact) mass is 265 g/mol. The molecule has 0 saturated heterocycles. The lowest BCUT2D eigenvalue weighted by Gasteiger charge is -2.26. The highest BCUT2D eigenvalue weighted by Gasteiger charge is 2.41. The van der Waals surface area contributed by atoms with E-state index in [0.29, 0.717) is 11.1 Å². The Bertz CT molecular complexity index is 691. The van der Waals surface area contributed by atoms with Gasteiger partial charge in [-0.15, -0.1) is 0 Å². The minimum absolute atomic E-state index is 0.0548. The second-order valence-corrected chi connectivity index (χ2v) is 5.17. The first kappa shape index (κ1) is 12.8. The lowest BCUT2D eigenvalue weighted by Crippen LogP contribution is -2.25. The molecule has 1 N–H and O–H groups in total. The predicted molar refractivity (Wildman–Crippen MR) is 76.9 cm³/mol. The Hall–Kier alpha value is -2.26. The molecule has 0 radical (unpaired) electrons. The molecule has 3 nitrogen and oxygen atoms in total. The predicted octanol–water partition coefficient (Wildman–Crippen LogP) is 2.63. The van der Waals surface area contributed by atoms with Gasteiger partial charge in [0.05, 0.1) is 0 Å². The van der Waals surface area contributed by atoms with Crippen molar-refractivity contribution in [3.8, 4) is 0 Å². The molecule has 100 valence electrons. The summed E-state index contributed by atoms with van der Waals surface area (Å²) < 4.78 is 0. The van der Waals surface area contributed by atoms with Crippen LogP contribution in [-0.4, -0.2) is 15.9 Å². The highest BCUT2D eigenvalue weighted by atomic mass is 16.3. The first-order chi connectivity index (χ1) is 9.59. The number of aryl methyl sites for hydroxylation is 1. The lowest BCUT2D eigenvalue weighted by atomic mass is 9.84. The average molecular weight is 265 g/mol. The number of carbonyl (C=O) groups is 1. The molecule has 0 amide bonds. The number of aliphatic hydroxyl groups is 1. The largest absolute Gasteiger partial charge is 0.380 e. The number of rotatable bonds is 2. The van der Waals surface area contributed by atoms with Crippen LogP contribution in [0.2, 0.25) is 0 Å². The minimum atomic E-state index is -1.26. The number of hydrogen-bond acceptors (Lipinski definition) is 3. The molecule has 3 heteroatoms. The molecule has 0 spiro atoms. The van der Waals surface area contributed by atoms with Gasteiger partial charge in [-0.2, -0.15) is 0 Å². The Morgan fingerprint density at radius 1 is 1.20 bits per heavy atom. The summed E-state index contributed by atoms with van der Waals surface area (Å²) in [7, 11) is 0. The summed E-state index contributed by atoms with van der Waals surface area (Å²) in [5, 5.41) is 11.0. The smallest absolute Gasteiger partial charge is 0.159 e. The molecule has 20 heavy (non-hydrogen) atoms. The number of carbonyl (C=O) groups excluding carboxylic acids is 1. The lowest BCUT2D eigenvalue weighted by molar-refractivity contribution is -0.116. The van der Waals surface area contributed by atoms with Crippen LogP contribution in [0, 0.1) is 6.92 Å². The van der Waals surface area contributed by atoms with Crippen molar-refractivity contribution in [1.29, 1.82) is 0 Å². The summed E-state index contributed by atoms with van der Waals surface area (Å²) in [4.78, 5) is 15.8. The zero-order valence-corrected chi connectivity index (χ0v) is 11.2. The second kappa shape index (κ2) is 4.69. The van der Waals surface area contributed by atoms with Crippen LogP contribution in [0.4, 0.5) is 0 Å². The SMILES string of the molecule is Cc1cccc(C2=CC(=O)CC2(O)c2ccncc2)c1. The molecule has 1 atom stereocenters. The number of ketones is 1. The summed E-state index contributed by atoms with van der Waals surface area (Å²) in [5.74, 6) is -0.0548. The van der Waals surface area contributed by atoms with Crippen molar-refractivity contribution in [2.75, 3.05) is 0 Å². The van der Waals surface area contributed by atoms with Crippen LogP contribution < -0.4 is 0 Å². The maximum Gasteiger partial charge on any atom is 0.159 e. The van der Waals surface area contributed by atoms with Gasteiger partial charge in [0.25, 0.3) is 0 Å². The van der Waals surface area contributed by atoms with E-state index >= 15 is 0 Å². The zero-order valence-electron chi connectivity index (χ0n) is 11.2. The molecule has 1 aliphatic rings. The van der Waals surface area contributed by atoms with E-state index in [0.717, 1.165) is 11.1 Å².